The van der Waals surface area contributed by atoms with Gasteiger partial charge in [-0.3, -0.25) is 9.59 Å². The summed E-state index contributed by atoms with van der Waals surface area (Å²) in [5, 5.41) is 3.01. The average Bonchev–Trinajstić information content (AvgIpc) is 3.16. The van der Waals surface area contributed by atoms with Crippen LogP contribution in [0, 0.1) is 11.7 Å². The summed E-state index contributed by atoms with van der Waals surface area (Å²) in [6.07, 6.45) is 2.10. The normalized spacial score (nSPS) is 25.8. The van der Waals surface area contributed by atoms with E-state index < -0.39 is 11.4 Å². The average molecular weight is 346 g/mol. The molecule has 7 nitrogen and oxygen atoms in total. The number of rotatable bonds is 2. The minimum absolute atomic E-state index is 0.00265. The fourth-order valence-corrected chi connectivity index (χ4v) is 3.95. The minimum atomic E-state index is -0.582. The molecule has 0 unspecified atom stereocenters. The van der Waals surface area contributed by atoms with Crippen molar-refractivity contribution in [2.24, 2.45) is 5.92 Å². The van der Waals surface area contributed by atoms with E-state index in [1.54, 1.807) is 4.90 Å². The van der Waals surface area contributed by atoms with Crippen molar-refractivity contribution < 1.29 is 18.7 Å². The number of carbonyl (C=O) groups excluding carboxylic acids is 2. The number of aromatic nitrogens is 2. The number of carbonyl (C=O) groups is 2. The molecule has 1 aromatic carbocycles. The van der Waals surface area contributed by atoms with Crippen LogP contribution in [-0.4, -0.2) is 58.5 Å². The molecule has 0 aliphatic carbocycles. The largest absolute Gasteiger partial charge is 0.381 e. The topological polar surface area (TPSA) is 87.3 Å². The van der Waals surface area contributed by atoms with Crippen molar-refractivity contribution >= 4 is 22.8 Å². The molecule has 2 aliphatic heterocycles. The van der Waals surface area contributed by atoms with Gasteiger partial charge in [0, 0.05) is 38.6 Å². The summed E-state index contributed by atoms with van der Waals surface area (Å²) in [5.74, 6) is -1.10. The van der Waals surface area contributed by atoms with E-state index in [2.05, 4.69) is 15.3 Å². The van der Waals surface area contributed by atoms with Crippen LogP contribution in [0.25, 0.3) is 11.0 Å². The van der Waals surface area contributed by atoms with Gasteiger partial charge in [-0.05, 0) is 12.5 Å². The summed E-state index contributed by atoms with van der Waals surface area (Å²) in [6.45, 7) is 3.27. The Bertz CT molecular complexity index is 852. The van der Waals surface area contributed by atoms with E-state index in [9.17, 15) is 14.0 Å². The zero-order valence-corrected chi connectivity index (χ0v) is 13.8. The molecule has 2 saturated heterocycles. The molecule has 25 heavy (non-hydrogen) atoms. The van der Waals surface area contributed by atoms with Gasteiger partial charge in [0.2, 0.25) is 5.91 Å². The van der Waals surface area contributed by atoms with E-state index in [1.165, 1.54) is 25.4 Å². The lowest BCUT2D eigenvalue weighted by Crippen LogP contribution is -2.57. The summed E-state index contributed by atoms with van der Waals surface area (Å²) in [7, 11) is 0. The van der Waals surface area contributed by atoms with Crippen LogP contribution in [0.1, 0.15) is 23.7 Å². The number of hydrogen-bond donors (Lipinski definition) is 2. The predicted molar refractivity (Wildman–Crippen MR) is 87.4 cm³/mol. The highest BCUT2D eigenvalue weighted by Crippen LogP contribution is 2.35. The van der Waals surface area contributed by atoms with E-state index >= 15 is 0 Å². The Kier molecular flexibility index (Phi) is 3.72. The molecule has 2 aliphatic rings. The summed E-state index contributed by atoms with van der Waals surface area (Å²) in [6, 6.07) is 2.75. The van der Waals surface area contributed by atoms with E-state index in [1.807, 2.05) is 0 Å². The van der Waals surface area contributed by atoms with Gasteiger partial charge in [0.25, 0.3) is 5.91 Å². The van der Waals surface area contributed by atoms with Crippen molar-refractivity contribution in [2.45, 2.75) is 18.9 Å². The zero-order chi connectivity index (χ0) is 17.6. The molecular weight excluding hydrogens is 327 g/mol. The van der Waals surface area contributed by atoms with Gasteiger partial charge in [0.1, 0.15) is 5.82 Å². The van der Waals surface area contributed by atoms with Gasteiger partial charge in [-0.1, -0.05) is 0 Å². The number of aromatic amines is 1. The van der Waals surface area contributed by atoms with Crippen molar-refractivity contribution in [2.75, 3.05) is 26.3 Å². The lowest BCUT2D eigenvalue weighted by atomic mass is 9.83. The summed E-state index contributed by atoms with van der Waals surface area (Å²) < 4.78 is 19.9. The van der Waals surface area contributed by atoms with Gasteiger partial charge < -0.3 is 19.9 Å². The van der Waals surface area contributed by atoms with Crippen LogP contribution in [0.2, 0.25) is 0 Å². The van der Waals surface area contributed by atoms with Crippen molar-refractivity contribution in [3.63, 3.8) is 0 Å². The molecule has 1 aromatic heterocycles. The molecule has 2 amide bonds. The van der Waals surface area contributed by atoms with Gasteiger partial charge in [0.15, 0.2) is 0 Å². The molecule has 2 atom stereocenters. The molecule has 2 fully saturated rings. The Morgan fingerprint density at radius 3 is 3.12 bits per heavy atom. The van der Waals surface area contributed by atoms with Crippen LogP contribution in [0.15, 0.2) is 18.5 Å². The molecule has 0 spiro atoms. The smallest absolute Gasteiger partial charge is 0.257 e. The highest BCUT2D eigenvalue weighted by atomic mass is 19.1. The Balaban J connectivity index is 1.64. The van der Waals surface area contributed by atoms with Crippen LogP contribution < -0.4 is 5.32 Å². The highest BCUT2D eigenvalue weighted by molar-refractivity contribution is 5.98. The summed E-state index contributed by atoms with van der Waals surface area (Å²) >= 11 is 0. The number of halogens is 1. The zero-order valence-electron chi connectivity index (χ0n) is 13.8. The first-order valence-corrected chi connectivity index (χ1v) is 8.27. The van der Waals surface area contributed by atoms with Gasteiger partial charge in [-0.2, -0.15) is 0 Å². The first-order chi connectivity index (χ1) is 12.0. The molecule has 8 heteroatoms. The number of imidazole rings is 1. The Morgan fingerprint density at radius 1 is 1.48 bits per heavy atom. The fourth-order valence-electron chi connectivity index (χ4n) is 3.95. The minimum Gasteiger partial charge on any atom is -0.381 e. The van der Waals surface area contributed by atoms with Crippen LogP contribution in [0.4, 0.5) is 4.39 Å². The number of likely N-dealkylation sites (tertiary alicyclic amines) is 1. The highest BCUT2D eigenvalue weighted by Gasteiger charge is 2.50. The second-order valence-corrected chi connectivity index (χ2v) is 6.80. The molecule has 2 N–H and O–H groups in total. The lowest BCUT2D eigenvalue weighted by Gasteiger charge is -2.38. The van der Waals surface area contributed by atoms with Crippen molar-refractivity contribution in [1.82, 2.24) is 20.2 Å². The number of nitrogens with zero attached hydrogens (tertiary/aromatic N) is 2. The number of ether oxygens (including phenoxy) is 1. The lowest BCUT2D eigenvalue weighted by molar-refractivity contribution is -0.122. The SMILES string of the molecule is CC(=O)N[C@@]12CCOC[C@@H]1CN(C(=O)c1cc3nc[nH]c3cc1F)C2. The first kappa shape index (κ1) is 16.0. The van der Waals surface area contributed by atoms with Crippen molar-refractivity contribution in [1.29, 1.82) is 0 Å². The van der Waals surface area contributed by atoms with Crippen LogP contribution in [0.5, 0.6) is 0 Å². The van der Waals surface area contributed by atoms with E-state index in [0.717, 1.165) is 0 Å². The summed E-state index contributed by atoms with van der Waals surface area (Å²) in [4.78, 5) is 33.1. The van der Waals surface area contributed by atoms with Crippen LogP contribution >= 0.6 is 0 Å². The van der Waals surface area contributed by atoms with E-state index in [0.29, 0.717) is 43.8 Å². The maximum Gasteiger partial charge on any atom is 0.257 e. The van der Waals surface area contributed by atoms with Gasteiger partial charge in [-0.15, -0.1) is 0 Å². The van der Waals surface area contributed by atoms with Crippen LogP contribution in [-0.2, 0) is 9.53 Å². The molecule has 4 rings (SSSR count). The molecule has 3 heterocycles. The number of benzene rings is 1. The Hall–Kier alpha value is -2.48. The fraction of sp³-hybridized carbons (Fsp3) is 0.471. The first-order valence-electron chi connectivity index (χ1n) is 8.27. The number of hydrogen-bond acceptors (Lipinski definition) is 4. The van der Waals surface area contributed by atoms with Crippen molar-refractivity contribution in [3.8, 4) is 0 Å². The van der Waals surface area contributed by atoms with Crippen molar-refractivity contribution in [3.05, 3.63) is 29.8 Å². The number of H-pyrrole nitrogens is 1. The third kappa shape index (κ3) is 2.66. The maximum atomic E-state index is 14.4. The second-order valence-electron chi connectivity index (χ2n) is 6.80. The molecule has 132 valence electrons. The number of fused-ring (bicyclic) bond motifs is 2. The molecule has 0 saturated carbocycles. The van der Waals surface area contributed by atoms with E-state index in [4.69, 9.17) is 4.74 Å². The molecule has 0 bridgehead atoms. The Morgan fingerprint density at radius 2 is 2.32 bits per heavy atom. The molecular formula is C17H19FN4O3. The third-order valence-electron chi connectivity index (χ3n) is 5.16. The summed E-state index contributed by atoms with van der Waals surface area (Å²) in [5.41, 5.74) is 0.595. The monoisotopic (exact) mass is 346 g/mol. The maximum absolute atomic E-state index is 14.4. The second kappa shape index (κ2) is 5.80. The third-order valence-corrected chi connectivity index (χ3v) is 5.16. The molecule has 2 aromatic rings. The standard InChI is InChI=1S/C17H19FN4O3/c1-10(23)21-17-2-3-25-7-11(17)6-22(8-17)16(24)12-4-14-15(5-13(12)18)20-9-19-14/h4-5,9,11H,2-3,6-8H2,1H3,(H,19,20)(H,21,23)/t11-,17+/m0/s1. The van der Waals surface area contributed by atoms with Crippen LogP contribution in [0.3, 0.4) is 0 Å². The molecule has 0 radical (unpaired) electrons. The van der Waals surface area contributed by atoms with Gasteiger partial charge in [-0.25, -0.2) is 9.37 Å². The Labute approximate surface area is 143 Å². The number of amides is 2. The van der Waals surface area contributed by atoms with E-state index in [-0.39, 0.29) is 23.3 Å². The predicted octanol–water partition coefficient (Wildman–Crippen LogP) is 1.07. The number of nitrogens with one attached hydrogen (secondary N) is 2. The van der Waals surface area contributed by atoms with Gasteiger partial charge >= 0.3 is 0 Å². The quantitative estimate of drug-likeness (QED) is 0.851. The van der Waals surface area contributed by atoms with Gasteiger partial charge in [0.05, 0.1) is 35.1 Å².